The summed E-state index contributed by atoms with van der Waals surface area (Å²) in [5.74, 6) is 3.10. The zero-order valence-corrected chi connectivity index (χ0v) is 17.0. The fraction of sp³-hybridized carbons (Fsp3) is 0.500. The van der Waals surface area contributed by atoms with Gasteiger partial charge in [0.05, 0.1) is 26.9 Å². The van der Waals surface area contributed by atoms with Gasteiger partial charge in [-0.25, -0.2) is 0 Å². The van der Waals surface area contributed by atoms with Gasteiger partial charge in [-0.2, -0.15) is 0 Å². The average Bonchev–Trinajstić information content (AvgIpc) is 3.24. The first-order chi connectivity index (χ1) is 13.7. The van der Waals surface area contributed by atoms with E-state index in [-0.39, 0.29) is 5.54 Å². The summed E-state index contributed by atoms with van der Waals surface area (Å²) in [6.45, 7) is 1.19. The second-order valence-electron chi connectivity index (χ2n) is 8.37. The summed E-state index contributed by atoms with van der Waals surface area (Å²) in [6.07, 6.45) is 6.23. The predicted octanol–water partition coefficient (Wildman–Crippen LogP) is 4.51. The normalized spacial score (nSPS) is 28.4. The van der Waals surface area contributed by atoms with Crippen LogP contribution in [0.4, 0.5) is 0 Å². The Labute approximate surface area is 167 Å². The molecule has 4 heteroatoms. The molecule has 3 aliphatic rings. The molecule has 3 atom stereocenters. The Kier molecular flexibility index (Phi) is 4.27. The van der Waals surface area contributed by atoms with E-state index in [0.29, 0.717) is 12.0 Å². The molecule has 2 saturated heterocycles. The van der Waals surface area contributed by atoms with Crippen LogP contribution in [0.25, 0.3) is 0 Å². The second kappa shape index (κ2) is 6.70. The molecule has 0 aromatic heterocycles. The van der Waals surface area contributed by atoms with Gasteiger partial charge < -0.3 is 14.2 Å². The second-order valence-corrected chi connectivity index (χ2v) is 8.37. The smallest absolute Gasteiger partial charge is 0.161 e. The third-order valence-corrected chi connectivity index (χ3v) is 7.29. The molecule has 2 aromatic rings. The van der Waals surface area contributed by atoms with Gasteiger partial charge >= 0.3 is 0 Å². The summed E-state index contributed by atoms with van der Waals surface area (Å²) in [7, 11) is 5.18. The molecular weight excluding hydrogens is 350 g/mol. The maximum atomic E-state index is 5.64. The summed E-state index contributed by atoms with van der Waals surface area (Å²) in [6, 6.07) is 13.9. The van der Waals surface area contributed by atoms with Gasteiger partial charge in [0.2, 0.25) is 0 Å². The average molecular weight is 380 g/mol. The Hall–Kier alpha value is -2.20. The van der Waals surface area contributed by atoms with E-state index < -0.39 is 0 Å². The van der Waals surface area contributed by atoms with Crippen molar-refractivity contribution in [1.82, 2.24) is 4.90 Å². The van der Waals surface area contributed by atoms with Gasteiger partial charge in [0.25, 0.3) is 0 Å². The molecule has 0 saturated carbocycles. The van der Waals surface area contributed by atoms with Gasteiger partial charge in [0, 0.05) is 12.0 Å². The number of ether oxygens (including phenoxy) is 3. The summed E-state index contributed by atoms with van der Waals surface area (Å²) in [4.78, 5) is 2.82. The lowest BCUT2D eigenvalue weighted by Gasteiger charge is -2.44. The summed E-state index contributed by atoms with van der Waals surface area (Å²) >= 11 is 0. The first-order valence-corrected chi connectivity index (χ1v) is 10.4. The quantitative estimate of drug-likeness (QED) is 0.782. The molecule has 2 aliphatic heterocycles. The molecule has 1 aliphatic carbocycles. The number of rotatable bonds is 4. The van der Waals surface area contributed by atoms with E-state index in [1.807, 2.05) is 0 Å². The van der Waals surface area contributed by atoms with Crippen molar-refractivity contribution in [1.29, 1.82) is 0 Å². The van der Waals surface area contributed by atoms with Crippen LogP contribution in [0.1, 0.15) is 48.3 Å². The molecule has 0 spiro atoms. The molecule has 0 radical (unpaired) electrons. The van der Waals surface area contributed by atoms with Crippen LogP contribution in [0.15, 0.2) is 36.4 Å². The van der Waals surface area contributed by atoms with E-state index >= 15 is 0 Å². The summed E-state index contributed by atoms with van der Waals surface area (Å²) < 4.78 is 16.7. The minimum atomic E-state index is 0.0388. The lowest BCUT2D eigenvalue weighted by atomic mass is 9.79. The van der Waals surface area contributed by atoms with Crippen molar-refractivity contribution in [2.45, 2.75) is 49.6 Å². The van der Waals surface area contributed by atoms with Crippen molar-refractivity contribution >= 4 is 0 Å². The van der Waals surface area contributed by atoms with Crippen molar-refractivity contribution in [3.8, 4) is 17.2 Å². The van der Waals surface area contributed by atoms with E-state index in [1.165, 1.54) is 48.9 Å². The van der Waals surface area contributed by atoms with Crippen LogP contribution < -0.4 is 14.2 Å². The predicted molar refractivity (Wildman–Crippen MR) is 110 cm³/mol. The molecule has 0 unspecified atom stereocenters. The molecule has 0 amide bonds. The van der Waals surface area contributed by atoms with Crippen molar-refractivity contribution in [2.75, 3.05) is 27.9 Å². The first-order valence-electron chi connectivity index (χ1n) is 10.4. The van der Waals surface area contributed by atoms with Crippen LogP contribution in [0.3, 0.4) is 0 Å². The van der Waals surface area contributed by atoms with E-state index in [2.05, 4.69) is 41.3 Å². The molecule has 2 heterocycles. The third kappa shape index (κ3) is 2.40. The lowest BCUT2D eigenvalue weighted by Crippen LogP contribution is -2.48. The Morgan fingerprint density at radius 3 is 2.39 bits per heavy atom. The van der Waals surface area contributed by atoms with Gasteiger partial charge in [0.1, 0.15) is 5.75 Å². The highest BCUT2D eigenvalue weighted by atomic mass is 16.5. The lowest BCUT2D eigenvalue weighted by molar-refractivity contribution is 0.0682. The summed E-state index contributed by atoms with van der Waals surface area (Å²) in [5, 5.41) is 0. The molecule has 0 N–H and O–H groups in total. The zero-order chi connectivity index (χ0) is 19.3. The van der Waals surface area contributed by atoms with Gasteiger partial charge in [0.15, 0.2) is 11.5 Å². The monoisotopic (exact) mass is 379 g/mol. The molecule has 4 nitrogen and oxygen atoms in total. The number of hydrogen-bond donors (Lipinski definition) is 0. The molecule has 5 rings (SSSR count). The standard InChI is InChI=1S/C24H29NO3/c1-26-19-9-7-17(8-10-19)24-15-16-12-22(27-2)23(28-3)14-20(16)21(24)13-18-6-4-5-11-25(18)24/h7-10,12,14,18,21H,4-6,11,13,15H2,1-3H3/t18-,21+,24+/m0/s1. The highest BCUT2D eigenvalue weighted by Gasteiger charge is 2.58. The van der Waals surface area contributed by atoms with Gasteiger partial charge in [-0.05, 0) is 73.2 Å². The molecule has 28 heavy (non-hydrogen) atoms. The highest BCUT2D eigenvalue weighted by Crippen LogP contribution is 2.61. The first kappa shape index (κ1) is 17.9. The Balaban J connectivity index is 1.66. The fourth-order valence-electron chi connectivity index (χ4n) is 6.10. The number of benzene rings is 2. The molecule has 2 fully saturated rings. The molecular formula is C24H29NO3. The van der Waals surface area contributed by atoms with Crippen molar-refractivity contribution in [3.05, 3.63) is 53.1 Å². The zero-order valence-electron chi connectivity index (χ0n) is 17.0. The SMILES string of the molecule is COc1ccc([C@]23Cc4cc(OC)c(OC)cc4[C@H]2C[C@@H]2CCCCN23)cc1. The van der Waals surface area contributed by atoms with E-state index in [9.17, 15) is 0 Å². The fourth-order valence-corrected chi connectivity index (χ4v) is 6.10. The summed E-state index contributed by atoms with van der Waals surface area (Å²) in [5.41, 5.74) is 4.30. The number of nitrogens with zero attached hydrogens (tertiary/aromatic N) is 1. The molecule has 2 aromatic carbocycles. The van der Waals surface area contributed by atoms with Crippen molar-refractivity contribution in [2.24, 2.45) is 0 Å². The Morgan fingerprint density at radius 2 is 1.68 bits per heavy atom. The van der Waals surface area contributed by atoms with Crippen LogP contribution in [-0.4, -0.2) is 38.8 Å². The van der Waals surface area contributed by atoms with E-state index in [4.69, 9.17) is 14.2 Å². The molecule has 0 bridgehead atoms. The number of fused-ring (bicyclic) bond motifs is 5. The van der Waals surface area contributed by atoms with Crippen LogP contribution in [0.2, 0.25) is 0 Å². The minimum Gasteiger partial charge on any atom is -0.497 e. The van der Waals surface area contributed by atoms with Crippen LogP contribution >= 0.6 is 0 Å². The topological polar surface area (TPSA) is 30.9 Å². The number of piperidine rings is 1. The molecule has 148 valence electrons. The van der Waals surface area contributed by atoms with Crippen LogP contribution in [-0.2, 0) is 12.0 Å². The van der Waals surface area contributed by atoms with Crippen LogP contribution in [0, 0.1) is 0 Å². The largest absolute Gasteiger partial charge is 0.497 e. The Bertz CT molecular complexity index is 878. The third-order valence-electron chi connectivity index (χ3n) is 7.29. The maximum absolute atomic E-state index is 5.64. The maximum Gasteiger partial charge on any atom is 0.161 e. The van der Waals surface area contributed by atoms with Crippen LogP contribution in [0.5, 0.6) is 17.2 Å². The van der Waals surface area contributed by atoms with Gasteiger partial charge in [-0.1, -0.05) is 18.6 Å². The van der Waals surface area contributed by atoms with Gasteiger partial charge in [-0.3, -0.25) is 4.90 Å². The Morgan fingerprint density at radius 1 is 0.929 bits per heavy atom. The van der Waals surface area contributed by atoms with E-state index in [0.717, 1.165) is 23.7 Å². The minimum absolute atomic E-state index is 0.0388. The van der Waals surface area contributed by atoms with Crippen molar-refractivity contribution in [3.63, 3.8) is 0 Å². The van der Waals surface area contributed by atoms with Gasteiger partial charge in [-0.15, -0.1) is 0 Å². The van der Waals surface area contributed by atoms with Crippen molar-refractivity contribution < 1.29 is 14.2 Å². The number of hydrogen-bond acceptors (Lipinski definition) is 4. The number of methoxy groups -OCH3 is 3. The van der Waals surface area contributed by atoms with E-state index in [1.54, 1.807) is 21.3 Å². The highest BCUT2D eigenvalue weighted by molar-refractivity contribution is 5.56.